The number of hydrogen-bond acceptors (Lipinski definition) is 2. The second-order valence-electron chi connectivity index (χ2n) is 7.70. The molecule has 0 bridgehead atoms. The van der Waals surface area contributed by atoms with Gasteiger partial charge in [0.25, 0.3) is 0 Å². The Balaban J connectivity index is 2.58. The molecular formula is C21H31O2. The van der Waals surface area contributed by atoms with Gasteiger partial charge in [-0.2, -0.15) is 0 Å². The van der Waals surface area contributed by atoms with Crippen LogP contribution in [-0.2, 0) is 9.59 Å². The third-order valence-electron chi connectivity index (χ3n) is 6.70. The van der Waals surface area contributed by atoms with Crippen molar-refractivity contribution in [1.29, 1.82) is 0 Å². The zero-order valence-electron chi connectivity index (χ0n) is 14.4. The molecule has 0 heterocycles. The van der Waals surface area contributed by atoms with Crippen LogP contribution in [0.1, 0.15) is 77.0 Å². The fourth-order valence-electron chi connectivity index (χ4n) is 5.58. The van der Waals surface area contributed by atoms with Gasteiger partial charge in [-0.15, -0.1) is 13.2 Å². The van der Waals surface area contributed by atoms with Crippen molar-refractivity contribution < 1.29 is 9.59 Å². The molecule has 0 aliphatic heterocycles. The summed E-state index contributed by atoms with van der Waals surface area (Å²) < 4.78 is 0. The van der Waals surface area contributed by atoms with Gasteiger partial charge in [0.15, 0.2) is 0 Å². The Kier molecular flexibility index (Phi) is 6.00. The van der Waals surface area contributed by atoms with Crippen LogP contribution in [0.5, 0.6) is 0 Å². The molecular weight excluding hydrogens is 284 g/mol. The van der Waals surface area contributed by atoms with E-state index in [2.05, 4.69) is 19.4 Å². The number of rotatable bonds is 8. The van der Waals surface area contributed by atoms with E-state index in [0.717, 1.165) is 70.5 Å². The van der Waals surface area contributed by atoms with E-state index in [9.17, 15) is 9.59 Å². The highest BCUT2D eigenvalue weighted by Gasteiger charge is 2.62. The van der Waals surface area contributed by atoms with Crippen molar-refractivity contribution in [3.05, 3.63) is 25.3 Å². The minimum atomic E-state index is -1.01. The number of aldehydes is 1. The molecule has 0 aromatic heterocycles. The molecule has 0 spiro atoms. The predicted octanol–water partition coefficient (Wildman–Crippen LogP) is 5.33. The van der Waals surface area contributed by atoms with Gasteiger partial charge in [-0.25, -0.2) is 0 Å². The van der Waals surface area contributed by atoms with Crippen LogP contribution in [0, 0.1) is 16.2 Å². The Bertz CT molecular complexity index is 395. The zero-order valence-corrected chi connectivity index (χ0v) is 14.4. The summed E-state index contributed by atoms with van der Waals surface area (Å²) in [7, 11) is 0. The maximum atomic E-state index is 12.5. The van der Waals surface area contributed by atoms with Crippen LogP contribution in [0.15, 0.2) is 25.3 Å². The van der Waals surface area contributed by atoms with Crippen LogP contribution in [0.25, 0.3) is 0 Å². The molecule has 2 aliphatic carbocycles. The molecule has 2 saturated carbocycles. The molecule has 0 atom stereocenters. The van der Waals surface area contributed by atoms with E-state index in [1.54, 1.807) is 0 Å². The van der Waals surface area contributed by atoms with Crippen LogP contribution in [0.2, 0.25) is 0 Å². The Morgan fingerprint density at radius 3 is 1.48 bits per heavy atom. The standard InChI is InChI=1S/C21H31O2/c1-3-11-19(13-7-5-8-14-19)21(17-22,18-23)20(12-4-2)15-9-6-10-16-20/h3-4,17H,1-2,5-16H2. The summed E-state index contributed by atoms with van der Waals surface area (Å²) in [6, 6.07) is 0. The monoisotopic (exact) mass is 315 g/mol. The number of allylic oxidation sites excluding steroid dienone is 2. The predicted molar refractivity (Wildman–Crippen MR) is 94.9 cm³/mol. The van der Waals surface area contributed by atoms with Crippen molar-refractivity contribution in [2.75, 3.05) is 0 Å². The van der Waals surface area contributed by atoms with Gasteiger partial charge in [0.2, 0.25) is 6.29 Å². The highest BCUT2D eigenvalue weighted by Crippen LogP contribution is 2.63. The van der Waals surface area contributed by atoms with E-state index >= 15 is 0 Å². The van der Waals surface area contributed by atoms with E-state index in [1.807, 2.05) is 12.2 Å². The molecule has 2 rings (SSSR count). The van der Waals surface area contributed by atoms with E-state index in [4.69, 9.17) is 0 Å². The third kappa shape index (κ3) is 2.86. The fourth-order valence-corrected chi connectivity index (χ4v) is 5.58. The van der Waals surface area contributed by atoms with Gasteiger partial charge in [-0.3, -0.25) is 4.79 Å². The van der Waals surface area contributed by atoms with E-state index in [-0.39, 0.29) is 10.8 Å². The minimum Gasteiger partial charge on any atom is -0.302 e. The second-order valence-corrected chi connectivity index (χ2v) is 7.70. The zero-order chi connectivity index (χ0) is 16.8. The maximum Gasteiger partial charge on any atom is 0.213 e. The van der Waals surface area contributed by atoms with E-state index in [1.165, 1.54) is 12.8 Å². The van der Waals surface area contributed by atoms with Crippen molar-refractivity contribution in [2.45, 2.75) is 77.0 Å². The molecule has 2 nitrogen and oxygen atoms in total. The van der Waals surface area contributed by atoms with Crippen molar-refractivity contribution >= 4 is 12.6 Å². The van der Waals surface area contributed by atoms with Crippen LogP contribution in [0.3, 0.4) is 0 Å². The quantitative estimate of drug-likeness (QED) is 0.344. The molecule has 127 valence electrons. The summed E-state index contributed by atoms with van der Waals surface area (Å²) in [5.41, 5.74) is -1.60. The van der Waals surface area contributed by atoms with Crippen molar-refractivity contribution in [2.24, 2.45) is 16.2 Å². The lowest BCUT2D eigenvalue weighted by Gasteiger charge is -2.57. The molecule has 0 aromatic rings. The first-order valence-corrected chi connectivity index (χ1v) is 9.23. The van der Waals surface area contributed by atoms with E-state index < -0.39 is 5.41 Å². The first-order valence-electron chi connectivity index (χ1n) is 9.23. The average molecular weight is 315 g/mol. The molecule has 0 aromatic carbocycles. The molecule has 0 saturated heterocycles. The van der Waals surface area contributed by atoms with Crippen molar-refractivity contribution in [3.63, 3.8) is 0 Å². The van der Waals surface area contributed by atoms with Crippen molar-refractivity contribution in [3.8, 4) is 0 Å². The summed E-state index contributed by atoms with van der Waals surface area (Å²) >= 11 is 0. The molecule has 0 N–H and O–H groups in total. The van der Waals surface area contributed by atoms with Crippen LogP contribution < -0.4 is 0 Å². The lowest BCUT2D eigenvalue weighted by Crippen LogP contribution is -2.57. The first-order chi connectivity index (χ1) is 11.2. The van der Waals surface area contributed by atoms with Gasteiger partial charge in [0.05, 0.1) is 0 Å². The minimum absolute atomic E-state index is 0.295. The summed E-state index contributed by atoms with van der Waals surface area (Å²) in [5.74, 6) is 0. The van der Waals surface area contributed by atoms with Gasteiger partial charge in [-0.05, 0) is 49.4 Å². The number of carbonyl (C=O) groups excluding carboxylic acids is 2. The smallest absolute Gasteiger partial charge is 0.213 e. The van der Waals surface area contributed by atoms with Crippen LogP contribution in [0.4, 0.5) is 0 Å². The van der Waals surface area contributed by atoms with Gasteiger partial charge in [-0.1, -0.05) is 50.7 Å². The molecule has 2 fully saturated rings. The largest absolute Gasteiger partial charge is 0.302 e. The third-order valence-corrected chi connectivity index (χ3v) is 6.70. The van der Waals surface area contributed by atoms with Gasteiger partial charge < -0.3 is 4.79 Å². The second kappa shape index (κ2) is 7.59. The fraction of sp³-hybridized carbons (Fsp3) is 0.714. The molecule has 0 amide bonds. The van der Waals surface area contributed by atoms with Crippen molar-refractivity contribution in [1.82, 2.24) is 0 Å². The van der Waals surface area contributed by atoms with Crippen LogP contribution >= 0.6 is 0 Å². The lowest BCUT2D eigenvalue weighted by molar-refractivity contribution is -0.136. The Morgan fingerprint density at radius 1 is 0.826 bits per heavy atom. The molecule has 1 radical (unpaired) electrons. The first kappa shape index (κ1) is 18.2. The molecule has 0 unspecified atom stereocenters. The Morgan fingerprint density at radius 2 is 1.22 bits per heavy atom. The average Bonchev–Trinajstić information content (AvgIpc) is 2.58. The summed E-state index contributed by atoms with van der Waals surface area (Å²) in [6.45, 7) is 7.86. The Hall–Kier alpha value is -1.18. The molecule has 2 aliphatic rings. The molecule has 2 heteroatoms. The summed E-state index contributed by atoms with van der Waals surface area (Å²) in [4.78, 5) is 24.9. The van der Waals surface area contributed by atoms with Gasteiger partial charge >= 0.3 is 0 Å². The highest BCUT2D eigenvalue weighted by molar-refractivity contribution is 5.87. The van der Waals surface area contributed by atoms with Crippen LogP contribution in [-0.4, -0.2) is 12.6 Å². The highest BCUT2D eigenvalue weighted by atomic mass is 16.1. The van der Waals surface area contributed by atoms with Gasteiger partial charge in [0.1, 0.15) is 11.7 Å². The lowest BCUT2D eigenvalue weighted by atomic mass is 9.44. The number of carbonyl (C=O) groups is 1. The molecule has 23 heavy (non-hydrogen) atoms. The maximum absolute atomic E-state index is 12.5. The summed E-state index contributed by atoms with van der Waals surface area (Å²) in [5, 5.41) is 0. The van der Waals surface area contributed by atoms with Gasteiger partial charge in [0, 0.05) is 0 Å². The normalized spacial score (nSPS) is 23.7. The number of hydrogen-bond donors (Lipinski definition) is 0. The van der Waals surface area contributed by atoms with E-state index in [0.29, 0.717) is 0 Å². The topological polar surface area (TPSA) is 34.1 Å². The Labute approximate surface area is 141 Å². The SMILES string of the molecule is C=CCC1(C([C]=O)(C=O)C2(CC=C)CCCCC2)CCCCC1. The summed E-state index contributed by atoms with van der Waals surface area (Å²) in [6.07, 6.45) is 19.1.